The number of carboxylic acids is 1. The summed E-state index contributed by atoms with van der Waals surface area (Å²) in [5.74, 6) is -0.944. The van der Waals surface area contributed by atoms with Crippen molar-refractivity contribution in [3.8, 4) is 11.5 Å². The molecule has 0 radical (unpaired) electrons. The summed E-state index contributed by atoms with van der Waals surface area (Å²) in [5, 5.41) is 18.3. The van der Waals surface area contributed by atoms with Crippen molar-refractivity contribution in [3.05, 3.63) is 23.8 Å². The zero-order valence-electron chi connectivity index (χ0n) is 11.6. The van der Waals surface area contributed by atoms with Gasteiger partial charge >= 0.3 is 5.97 Å². The van der Waals surface area contributed by atoms with Crippen LogP contribution in [0.5, 0.6) is 11.5 Å². The van der Waals surface area contributed by atoms with Gasteiger partial charge in [-0.05, 0) is 39.8 Å². The molecule has 1 atom stereocenters. The number of phenolic OH excluding ortho intramolecular Hbond substituents is 1. The van der Waals surface area contributed by atoms with Crippen LogP contribution in [0.4, 0.5) is 0 Å². The van der Waals surface area contributed by atoms with Gasteiger partial charge in [0.2, 0.25) is 0 Å². The van der Waals surface area contributed by atoms with E-state index in [0.717, 1.165) is 0 Å². The standard InChI is InChI=1S/C14H20O5/c1-9(8-18-14(2,3)4)19-12-6-10(13(16)17)5-11(15)7-12/h5-7,9,15H,8H2,1-4H3,(H,16,17)/t9-/m1/s1. The van der Waals surface area contributed by atoms with E-state index in [1.807, 2.05) is 27.7 Å². The SMILES string of the molecule is C[C@H](COC(C)(C)C)Oc1cc(O)cc(C(=O)O)c1. The summed E-state index contributed by atoms with van der Waals surface area (Å²) in [4.78, 5) is 10.9. The second kappa shape index (κ2) is 5.93. The van der Waals surface area contributed by atoms with Crippen LogP contribution in [0.1, 0.15) is 38.1 Å². The molecule has 5 nitrogen and oxygen atoms in total. The van der Waals surface area contributed by atoms with Gasteiger partial charge in [0.15, 0.2) is 0 Å². The minimum atomic E-state index is -1.11. The molecule has 0 bridgehead atoms. The molecule has 0 amide bonds. The molecule has 106 valence electrons. The number of hydrogen-bond donors (Lipinski definition) is 2. The van der Waals surface area contributed by atoms with E-state index in [0.29, 0.717) is 12.4 Å². The van der Waals surface area contributed by atoms with Gasteiger partial charge in [0.05, 0.1) is 17.8 Å². The van der Waals surface area contributed by atoms with Crippen molar-refractivity contribution in [1.29, 1.82) is 0 Å². The molecule has 0 aliphatic rings. The number of hydrogen-bond acceptors (Lipinski definition) is 4. The molecular weight excluding hydrogens is 248 g/mol. The van der Waals surface area contributed by atoms with E-state index in [1.54, 1.807) is 0 Å². The van der Waals surface area contributed by atoms with Crippen LogP contribution in [0.15, 0.2) is 18.2 Å². The highest BCUT2D eigenvalue weighted by Crippen LogP contribution is 2.23. The number of benzene rings is 1. The van der Waals surface area contributed by atoms with Crippen molar-refractivity contribution in [3.63, 3.8) is 0 Å². The number of carboxylic acid groups (broad SMARTS) is 1. The topological polar surface area (TPSA) is 76.0 Å². The van der Waals surface area contributed by atoms with Gasteiger partial charge in [-0.2, -0.15) is 0 Å². The van der Waals surface area contributed by atoms with Crippen molar-refractivity contribution < 1.29 is 24.5 Å². The molecule has 5 heteroatoms. The Kier molecular flexibility index (Phi) is 4.78. The molecule has 2 N–H and O–H groups in total. The predicted molar refractivity (Wildman–Crippen MR) is 70.9 cm³/mol. The third-order valence-electron chi connectivity index (χ3n) is 2.23. The Balaban J connectivity index is 2.68. The molecule has 0 fully saturated rings. The quantitative estimate of drug-likeness (QED) is 0.858. The lowest BCUT2D eigenvalue weighted by Crippen LogP contribution is -2.27. The fourth-order valence-corrected chi connectivity index (χ4v) is 1.41. The fraction of sp³-hybridized carbons (Fsp3) is 0.500. The second-order valence-corrected chi connectivity index (χ2v) is 5.37. The minimum Gasteiger partial charge on any atom is -0.508 e. The molecule has 0 aromatic heterocycles. The number of rotatable bonds is 5. The van der Waals surface area contributed by atoms with Crippen molar-refractivity contribution in [2.75, 3.05) is 6.61 Å². The Morgan fingerprint density at radius 2 is 1.95 bits per heavy atom. The summed E-state index contributed by atoms with van der Waals surface area (Å²) in [7, 11) is 0. The lowest BCUT2D eigenvalue weighted by molar-refractivity contribution is -0.0374. The Morgan fingerprint density at radius 1 is 1.32 bits per heavy atom. The second-order valence-electron chi connectivity index (χ2n) is 5.37. The predicted octanol–water partition coefficient (Wildman–Crippen LogP) is 2.67. The first-order valence-electron chi connectivity index (χ1n) is 6.05. The van der Waals surface area contributed by atoms with Gasteiger partial charge in [0, 0.05) is 6.07 Å². The highest BCUT2D eigenvalue weighted by atomic mass is 16.5. The first kappa shape index (κ1) is 15.3. The van der Waals surface area contributed by atoms with E-state index in [1.165, 1.54) is 18.2 Å². The number of carbonyl (C=O) groups is 1. The van der Waals surface area contributed by atoms with Gasteiger partial charge in [0.1, 0.15) is 17.6 Å². The number of ether oxygens (including phenoxy) is 2. The molecule has 0 saturated heterocycles. The molecule has 19 heavy (non-hydrogen) atoms. The molecule has 0 unspecified atom stereocenters. The average Bonchev–Trinajstić information content (AvgIpc) is 2.24. The van der Waals surface area contributed by atoms with Gasteiger partial charge in [-0.25, -0.2) is 4.79 Å². The summed E-state index contributed by atoms with van der Waals surface area (Å²) in [5.41, 5.74) is -0.276. The van der Waals surface area contributed by atoms with E-state index in [9.17, 15) is 9.90 Å². The fourth-order valence-electron chi connectivity index (χ4n) is 1.41. The lowest BCUT2D eigenvalue weighted by atomic mass is 10.2. The van der Waals surface area contributed by atoms with Crippen LogP contribution >= 0.6 is 0 Å². The zero-order chi connectivity index (χ0) is 14.6. The van der Waals surface area contributed by atoms with Gasteiger partial charge in [-0.15, -0.1) is 0 Å². The number of aromatic carboxylic acids is 1. The van der Waals surface area contributed by atoms with Crippen LogP contribution in [0, 0.1) is 0 Å². The van der Waals surface area contributed by atoms with E-state index < -0.39 is 5.97 Å². The normalized spacial score (nSPS) is 13.1. The highest BCUT2D eigenvalue weighted by Gasteiger charge is 2.14. The monoisotopic (exact) mass is 268 g/mol. The smallest absolute Gasteiger partial charge is 0.335 e. The molecule has 1 aromatic carbocycles. The van der Waals surface area contributed by atoms with Crippen LogP contribution in [0.25, 0.3) is 0 Å². The molecule has 0 spiro atoms. The Morgan fingerprint density at radius 3 is 2.47 bits per heavy atom. The van der Waals surface area contributed by atoms with Crippen molar-refractivity contribution in [2.45, 2.75) is 39.4 Å². The lowest BCUT2D eigenvalue weighted by Gasteiger charge is -2.23. The van der Waals surface area contributed by atoms with Crippen LogP contribution in [-0.4, -0.2) is 34.5 Å². The van der Waals surface area contributed by atoms with E-state index in [4.69, 9.17) is 14.6 Å². The number of phenols is 1. The molecular formula is C14H20O5. The molecule has 0 aliphatic heterocycles. The Labute approximate surface area is 112 Å². The Bertz CT molecular complexity index is 448. The van der Waals surface area contributed by atoms with Crippen LogP contribution < -0.4 is 4.74 Å². The van der Waals surface area contributed by atoms with Gasteiger partial charge < -0.3 is 19.7 Å². The van der Waals surface area contributed by atoms with Crippen LogP contribution in [0.3, 0.4) is 0 Å². The molecule has 0 heterocycles. The first-order chi connectivity index (χ1) is 8.67. The molecule has 0 aliphatic carbocycles. The van der Waals surface area contributed by atoms with E-state index in [2.05, 4.69) is 0 Å². The molecule has 1 rings (SSSR count). The molecule has 1 aromatic rings. The maximum atomic E-state index is 10.9. The third-order valence-corrected chi connectivity index (χ3v) is 2.23. The van der Waals surface area contributed by atoms with Crippen molar-refractivity contribution in [1.82, 2.24) is 0 Å². The van der Waals surface area contributed by atoms with Gasteiger partial charge in [-0.3, -0.25) is 0 Å². The molecule has 0 saturated carbocycles. The summed E-state index contributed by atoms with van der Waals surface area (Å²) in [6.45, 7) is 8.02. The summed E-state index contributed by atoms with van der Waals surface area (Å²) in [6, 6.07) is 3.92. The third kappa shape index (κ3) is 5.61. The van der Waals surface area contributed by atoms with Crippen LogP contribution in [0.2, 0.25) is 0 Å². The van der Waals surface area contributed by atoms with Crippen molar-refractivity contribution in [2.24, 2.45) is 0 Å². The number of aromatic hydroxyl groups is 1. The maximum absolute atomic E-state index is 10.9. The Hall–Kier alpha value is -1.75. The van der Waals surface area contributed by atoms with E-state index in [-0.39, 0.29) is 23.0 Å². The van der Waals surface area contributed by atoms with Crippen LogP contribution in [-0.2, 0) is 4.74 Å². The highest BCUT2D eigenvalue weighted by molar-refractivity contribution is 5.88. The average molecular weight is 268 g/mol. The largest absolute Gasteiger partial charge is 0.508 e. The summed E-state index contributed by atoms with van der Waals surface area (Å²) < 4.78 is 11.1. The summed E-state index contributed by atoms with van der Waals surface area (Å²) >= 11 is 0. The zero-order valence-corrected chi connectivity index (χ0v) is 11.6. The van der Waals surface area contributed by atoms with Crippen molar-refractivity contribution >= 4 is 5.97 Å². The van der Waals surface area contributed by atoms with Gasteiger partial charge in [-0.1, -0.05) is 0 Å². The summed E-state index contributed by atoms with van der Waals surface area (Å²) in [6.07, 6.45) is -0.248. The minimum absolute atomic E-state index is 0.0149. The maximum Gasteiger partial charge on any atom is 0.335 e. The van der Waals surface area contributed by atoms with E-state index >= 15 is 0 Å². The van der Waals surface area contributed by atoms with Gasteiger partial charge in [0.25, 0.3) is 0 Å². The first-order valence-corrected chi connectivity index (χ1v) is 6.05.